The Morgan fingerprint density at radius 1 is 1.26 bits per heavy atom. The fourth-order valence-corrected chi connectivity index (χ4v) is 4.50. The summed E-state index contributed by atoms with van der Waals surface area (Å²) in [5.74, 6) is 2.95. The van der Waals surface area contributed by atoms with E-state index in [2.05, 4.69) is 44.7 Å². The minimum absolute atomic E-state index is 0.130. The van der Waals surface area contributed by atoms with Gasteiger partial charge in [-0.3, -0.25) is 4.90 Å². The maximum atomic E-state index is 5.56. The lowest BCUT2D eigenvalue weighted by atomic mass is 9.91. The first-order valence-electron chi connectivity index (χ1n) is 9.07. The topological polar surface area (TPSA) is 60.6 Å². The molecule has 1 atom stereocenters. The van der Waals surface area contributed by atoms with Gasteiger partial charge in [0, 0.05) is 17.8 Å². The Morgan fingerprint density at radius 2 is 2.07 bits per heavy atom. The minimum atomic E-state index is 0.130. The van der Waals surface area contributed by atoms with Gasteiger partial charge in [0.1, 0.15) is 0 Å². The number of hydrogen-bond acceptors (Lipinski definition) is 7. The molecule has 0 bridgehead atoms. The number of rotatable bonds is 6. The zero-order valence-corrected chi connectivity index (χ0v) is 16.6. The number of nitrogens with zero attached hydrogens (tertiary/aromatic N) is 3. The second-order valence-electron chi connectivity index (χ2n) is 6.50. The Kier molecular flexibility index (Phi) is 5.13. The van der Waals surface area contributed by atoms with Crippen molar-refractivity contribution in [3.8, 4) is 11.5 Å². The minimum Gasteiger partial charge on any atom is -0.493 e. The zero-order chi connectivity index (χ0) is 18.8. The van der Waals surface area contributed by atoms with Crippen LogP contribution in [0.4, 0.5) is 0 Å². The molecule has 1 aliphatic heterocycles. The third-order valence-electron chi connectivity index (χ3n) is 4.95. The molecule has 0 radical (unpaired) electrons. The first kappa shape index (κ1) is 18.0. The van der Waals surface area contributed by atoms with Crippen molar-refractivity contribution in [1.29, 1.82) is 0 Å². The highest BCUT2D eigenvalue weighted by Gasteiger charge is 2.32. The number of aromatic nitrogens is 2. The molecule has 0 aliphatic carbocycles. The number of aryl methyl sites for hydroxylation is 1. The number of hydrogen-bond donors (Lipinski definition) is 0. The van der Waals surface area contributed by atoms with Crippen LogP contribution < -0.4 is 9.47 Å². The van der Waals surface area contributed by atoms with E-state index in [9.17, 15) is 0 Å². The molecule has 4 rings (SSSR count). The van der Waals surface area contributed by atoms with Crippen LogP contribution >= 0.6 is 11.3 Å². The Hall–Kier alpha value is -2.38. The molecule has 0 amide bonds. The molecule has 1 unspecified atom stereocenters. The lowest BCUT2D eigenvalue weighted by molar-refractivity contribution is 0.179. The number of thiophene rings is 1. The molecule has 0 fully saturated rings. The molecule has 7 heteroatoms. The van der Waals surface area contributed by atoms with Gasteiger partial charge in [-0.25, -0.2) is 0 Å². The Bertz CT molecular complexity index is 907. The molecule has 6 nitrogen and oxygen atoms in total. The van der Waals surface area contributed by atoms with E-state index in [0.717, 1.165) is 36.7 Å². The fraction of sp³-hybridized carbons (Fsp3) is 0.400. The monoisotopic (exact) mass is 385 g/mol. The first-order valence-corrected chi connectivity index (χ1v) is 9.95. The summed E-state index contributed by atoms with van der Waals surface area (Å²) in [5.41, 5.74) is 2.54. The van der Waals surface area contributed by atoms with Gasteiger partial charge in [0.15, 0.2) is 17.3 Å². The van der Waals surface area contributed by atoms with Crippen molar-refractivity contribution in [1.82, 2.24) is 15.0 Å². The average molecular weight is 385 g/mol. The average Bonchev–Trinajstić information content (AvgIpc) is 3.38. The van der Waals surface area contributed by atoms with Gasteiger partial charge in [-0.05, 0) is 41.1 Å². The van der Waals surface area contributed by atoms with Crippen LogP contribution in [-0.2, 0) is 19.4 Å². The highest BCUT2D eigenvalue weighted by atomic mass is 32.1. The summed E-state index contributed by atoms with van der Waals surface area (Å²) >= 11 is 1.76. The summed E-state index contributed by atoms with van der Waals surface area (Å²) in [5, 5.41) is 6.15. The SMILES string of the molecule is CCc1noc(CN2CCc3cc(OC)c(OC)cc3C2c2cccs2)n1. The van der Waals surface area contributed by atoms with Crippen LogP contribution in [0.5, 0.6) is 11.5 Å². The van der Waals surface area contributed by atoms with Crippen molar-refractivity contribution in [3.05, 3.63) is 57.4 Å². The molecule has 1 aromatic carbocycles. The maximum absolute atomic E-state index is 5.56. The maximum Gasteiger partial charge on any atom is 0.240 e. The third-order valence-corrected chi connectivity index (χ3v) is 5.88. The van der Waals surface area contributed by atoms with Crippen molar-refractivity contribution in [2.45, 2.75) is 32.4 Å². The van der Waals surface area contributed by atoms with E-state index >= 15 is 0 Å². The summed E-state index contributed by atoms with van der Waals surface area (Å²) in [7, 11) is 3.35. The van der Waals surface area contributed by atoms with Crippen LogP contribution in [0.1, 0.15) is 40.7 Å². The van der Waals surface area contributed by atoms with E-state index in [0.29, 0.717) is 12.4 Å². The van der Waals surface area contributed by atoms with E-state index in [1.54, 1.807) is 25.6 Å². The Morgan fingerprint density at radius 3 is 2.74 bits per heavy atom. The van der Waals surface area contributed by atoms with E-state index in [-0.39, 0.29) is 6.04 Å². The van der Waals surface area contributed by atoms with Crippen molar-refractivity contribution >= 4 is 11.3 Å². The van der Waals surface area contributed by atoms with Crippen LogP contribution in [0.15, 0.2) is 34.2 Å². The second-order valence-corrected chi connectivity index (χ2v) is 7.48. The molecule has 27 heavy (non-hydrogen) atoms. The van der Waals surface area contributed by atoms with Crippen LogP contribution in [0.3, 0.4) is 0 Å². The van der Waals surface area contributed by atoms with Gasteiger partial charge in [0.2, 0.25) is 5.89 Å². The summed E-state index contributed by atoms with van der Waals surface area (Å²) in [4.78, 5) is 8.18. The third kappa shape index (κ3) is 3.44. The van der Waals surface area contributed by atoms with Crippen LogP contribution in [0, 0.1) is 0 Å². The highest BCUT2D eigenvalue weighted by molar-refractivity contribution is 7.10. The second kappa shape index (κ2) is 7.70. The molecule has 142 valence electrons. The van der Waals surface area contributed by atoms with Gasteiger partial charge < -0.3 is 14.0 Å². The molecule has 2 aromatic heterocycles. The number of benzene rings is 1. The first-order chi connectivity index (χ1) is 13.2. The van der Waals surface area contributed by atoms with Gasteiger partial charge in [0.05, 0.1) is 26.8 Å². The normalized spacial score (nSPS) is 16.9. The highest BCUT2D eigenvalue weighted by Crippen LogP contribution is 2.42. The predicted molar refractivity (Wildman–Crippen MR) is 103 cm³/mol. The van der Waals surface area contributed by atoms with Crippen molar-refractivity contribution in [2.24, 2.45) is 0 Å². The standard InChI is InChI=1S/C20H23N3O3S/c1-4-18-21-19(26-22-18)12-23-8-7-13-10-15(24-2)16(25-3)11-14(13)20(23)17-6-5-9-27-17/h5-6,9-11,20H,4,7-8,12H2,1-3H3. The number of ether oxygens (including phenoxy) is 2. The molecule has 0 saturated heterocycles. The van der Waals surface area contributed by atoms with Gasteiger partial charge in [-0.1, -0.05) is 18.1 Å². The Balaban J connectivity index is 1.73. The summed E-state index contributed by atoms with van der Waals surface area (Å²) in [6.45, 7) is 3.57. The summed E-state index contributed by atoms with van der Waals surface area (Å²) in [6, 6.07) is 8.61. The summed E-state index contributed by atoms with van der Waals surface area (Å²) in [6.07, 6.45) is 1.71. The van der Waals surface area contributed by atoms with Crippen LogP contribution in [0.2, 0.25) is 0 Å². The van der Waals surface area contributed by atoms with Gasteiger partial charge in [0.25, 0.3) is 0 Å². The molecular formula is C20H23N3O3S. The summed E-state index contributed by atoms with van der Waals surface area (Å²) < 4.78 is 16.5. The largest absolute Gasteiger partial charge is 0.493 e. The smallest absolute Gasteiger partial charge is 0.240 e. The number of methoxy groups -OCH3 is 2. The quantitative estimate of drug-likeness (QED) is 0.642. The van der Waals surface area contributed by atoms with Crippen molar-refractivity contribution < 1.29 is 14.0 Å². The molecule has 3 aromatic rings. The van der Waals surface area contributed by atoms with E-state index in [4.69, 9.17) is 14.0 Å². The van der Waals surface area contributed by atoms with Crippen molar-refractivity contribution in [3.63, 3.8) is 0 Å². The van der Waals surface area contributed by atoms with Crippen LogP contribution in [-0.4, -0.2) is 35.8 Å². The molecule has 0 N–H and O–H groups in total. The molecular weight excluding hydrogens is 362 g/mol. The van der Waals surface area contributed by atoms with Gasteiger partial charge in [-0.2, -0.15) is 4.98 Å². The van der Waals surface area contributed by atoms with Gasteiger partial charge >= 0.3 is 0 Å². The molecule has 0 spiro atoms. The Labute approximate surface area is 162 Å². The number of fused-ring (bicyclic) bond motifs is 1. The fourth-order valence-electron chi connectivity index (χ4n) is 3.62. The molecule has 3 heterocycles. The molecule has 1 aliphatic rings. The van der Waals surface area contributed by atoms with Crippen molar-refractivity contribution in [2.75, 3.05) is 20.8 Å². The molecule has 0 saturated carbocycles. The van der Waals surface area contributed by atoms with Crippen LogP contribution in [0.25, 0.3) is 0 Å². The van der Waals surface area contributed by atoms with Gasteiger partial charge in [-0.15, -0.1) is 11.3 Å². The van der Waals surface area contributed by atoms with E-state index in [1.165, 1.54) is 16.0 Å². The van der Waals surface area contributed by atoms with E-state index in [1.807, 2.05) is 6.92 Å². The lowest BCUT2D eigenvalue weighted by Gasteiger charge is -2.36. The van der Waals surface area contributed by atoms with E-state index < -0.39 is 0 Å². The zero-order valence-electron chi connectivity index (χ0n) is 15.8. The predicted octanol–water partition coefficient (Wildman–Crippen LogP) is 3.86. The lowest BCUT2D eigenvalue weighted by Crippen LogP contribution is -2.35.